The molecular weight excluding hydrogens is 261 g/mol. The van der Waals surface area contributed by atoms with Crippen LogP contribution in [0, 0.1) is 5.82 Å². The number of likely N-dealkylation sites (N-methyl/N-ethyl adjacent to an activating group) is 1. The largest absolute Gasteiger partial charge is 0.496 e. The third-order valence-electron chi connectivity index (χ3n) is 2.91. The molecule has 1 heterocycles. The number of ether oxygens (including phenoxy) is 1. The van der Waals surface area contributed by atoms with Gasteiger partial charge in [-0.2, -0.15) is 0 Å². The van der Waals surface area contributed by atoms with E-state index in [9.17, 15) is 9.18 Å². The molecule has 0 N–H and O–H groups in total. The lowest BCUT2D eigenvalue weighted by Gasteiger charge is -2.15. The van der Waals surface area contributed by atoms with Crippen molar-refractivity contribution in [3.05, 3.63) is 53.7 Å². The summed E-state index contributed by atoms with van der Waals surface area (Å²) in [4.78, 5) is 14.0. The summed E-state index contributed by atoms with van der Waals surface area (Å²) in [6.45, 7) is 0.755. The van der Waals surface area contributed by atoms with Crippen LogP contribution in [0.3, 0.4) is 0 Å². The van der Waals surface area contributed by atoms with E-state index in [1.165, 1.54) is 25.3 Å². The van der Waals surface area contributed by atoms with E-state index in [1.54, 1.807) is 12.5 Å². The average Bonchev–Trinajstić information content (AvgIpc) is 2.91. The molecule has 0 saturated heterocycles. The molecule has 1 aromatic carbocycles. The summed E-state index contributed by atoms with van der Waals surface area (Å²) in [7, 11) is 3.27. The van der Waals surface area contributed by atoms with E-state index >= 15 is 0 Å². The van der Waals surface area contributed by atoms with Gasteiger partial charge in [-0.05, 0) is 31.3 Å². The van der Waals surface area contributed by atoms with Gasteiger partial charge in [0.1, 0.15) is 11.6 Å². The number of halogens is 1. The van der Waals surface area contributed by atoms with Gasteiger partial charge in [0.15, 0.2) is 5.78 Å². The maximum absolute atomic E-state index is 13.3. The van der Waals surface area contributed by atoms with Crippen molar-refractivity contribution >= 4 is 5.78 Å². The van der Waals surface area contributed by atoms with Crippen LogP contribution >= 0.6 is 0 Å². The summed E-state index contributed by atoms with van der Waals surface area (Å²) in [5.74, 6) is -0.257. The zero-order chi connectivity index (χ0) is 14.5. The molecule has 0 aliphatic heterocycles. The van der Waals surface area contributed by atoms with E-state index in [2.05, 4.69) is 0 Å². The van der Waals surface area contributed by atoms with Crippen LogP contribution in [-0.4, -0.2) is 31.4 Å². The van der Waals surface area contributed by atoms with Crippen molar-refractivity contribution in [2.24, 2.45) is 0 Å². The molecule has 20 heavy (non-hydrogen) atoms. The van der Waals surface area contributed by atoms with E-state index in [0.29, 0.717) is 12.3 Å². The van der Waals surface area contributed by atoms with Gasteiger partial charge < -0.3 is 9.15 Å². The molecule has 0 bridgehead atoms. The molecular formula is C15H16FNO3. The van der Waals surface area contributed by atoms with Gasteiger partial charge in [-0.15, -0.1) is 0 Å². The predicted octanol–water partition coefficient (Wildman–Crippen LogP) is 2.74. The van der Waals surface area contributed by atoms with Crippen LogP contribution in [-0.2, 0) is 6.54 Å². The third kappa shape index (κ3) is 3.45. The molecule has 4 nitrogen and oxygen atoms in total. The fourth-order valence-corrected chi connectivity index (χ4v) is 1.98. The van der Waals surface area contributed by atoms with Gasteiger partial charge >= 0.3 is 0 Å². The van der Waals surface area contributed by atoms with Crippen molar-refractivity contribution in [1.29, 1.82) is 0 Å². The van der Waals surface area contributed by atoms with Crippen LogP contribution in [0.4, 0.5) is 4.39 Å². The molecule has 0 amide bonds. The fraction of sp³-hybridized carbons (Fsp3) is 0.267. The zero-order valence-corrected chi connectivity index (χ0v) is 11.4. The van der Waals surface area contributed by atoms with Crippen molar-refractivity contribution in [3.8, 4) is 5.75 Å². The Labute approximate surface area is 116 Å². The van der Waals surface area contributed by atoms with Crippen LogP contribution in [0.5, 0.6) is 5.75 Å². The Morgan fingerprint density at radius 3 is 2.85 bits per heavy atom. The Bertz CT molecular complexity index is 581. The third-order valence-corrected chi connectivity index (χ3v) is 2.91. The van der Waals surface area contributed by atoms with E-state index in [0.717, 1.165) is 5.56 Å². The normalized spacial score (nSPS) is 10.8. The van der Waals surface area contributed by atoms with Crippen LogP contribution < -0.4 is 4.74 Å². The van der Waals surface area contributed by atoms with Crippen LogP contribution in [0.15, 0.2) is 41.2 Å². The standard InChI is InChI=1S/C15H16FNO3/c1-17(8-11-5-6-20-10-11)9-14(18)13-7-12(16)3-4-15(13)19-2/h3-7,10H,8-9H2,1-2H3. The number of rotatable bonds is 6. The minimum atomic E-state index is -0.452. The second-order valence-corrected chi connectivity index (χ2v) is 4.57. The lowest BCUT2D eigenvalue weighted by atomic mass is 10.1. The van der Waals surface area contributed by atoms with Crippen molar-refractivity contribution in [2.45, 2.75) is 6.54 Å². The molecule has 1 aromatic heterocycles. The monoisotopic (exact) mass is 277 g/mol. The Morgan fingerprint density at radius 2 is 2.20 bits per heavy atom. The molecule has 106 valence electrons. The Morgan fingerprint density at radius 1 is 1.40 bits per heavy atom. The molecule has 2 rings (SSSR count). The summed E-state index contributed by atoms with van der Waals surface area (Å²) in [5.41, 5.74) is 1.23. The van der Waals surface area contributed by atoms with Crippen molar-refractivity contribution in [1.82, 2.24) is 4.90 Å². The molecule has 5 heteroatoms. The highest BCUT2D eigenvalue weighted by molar-refractivity contribution is 6.00. The highest BCUT2D eigenvalue weighted by atomic mass is 19.1. The molecule has 2 aromatic rings. The molecule has 0 spiro atoms. The molecule has 0 fully saturated rings. The molecule has 0 aliphatic carbocycles. The maximum Gasteiger partial charge on any atom is 0.180 e. The number of carbonyl (C=O) groups excluding carboxylic acids is 1. The smallest absolute Gasteiger partial charge is 0.180 e. The van der Waals surface area contributed by atoms with Crippen molar-refractivity contribution in [3.63, 3.8) is 0 Å². The van der Waals surface area contributed by atoms with Gasteiger partial charge in [-0.3, -0.25) is 9.69 Å². The fourth-order valence-electron chi connectivity index (χ4n) is 1.98. The number of nitrogens with zero attached hydrogens (tertiary/aromatic N) is 1. The minimum Gasteiger partial charge on any atom is -0.496 e. The van der Waals surface area contributed by atoms with Crippen LogP contribution in [0.2, 0.25) is 0 Å². The second-order valence-electron chi connectivity index (χ2n) is 4.57. The van der Waals surface area contributed by atoms with Gasteiger partial charge in [0.2, 0.25) is 0 Å². The van der Waals surface area contributed by atoms with E-state index in [-0.39, 0.29) is 17.9 Å². The number of carbonyl (C=O) groups is 1. The average molecular weight is 277 g/mol. The van der Waals surface area contributed by atoms with Gasteiger partial charge in [0, 0.05) is 12.1 Å². The highest BCUT2D eigenvalue weighted by Crippen LogP contribution is 2.20. The van der Waals surface area contributed by atoms with Crippen molar-refractivity contribution in [2.75, 3.05) is 20.7 Å². The number of hydrogen-bond acceptors (Lipinski definition) is 4. The Hall–Kier alpha value is -2.14. The lowest BCUT2D eigenvalue weighted by molar-refractivity contribution is 0.0939. The lowest BCUT2D eigenvalue weighted by Crippen LogP contribution is -2.25. The van der Waals surface area contributed by atoms with Gasteiger partial charge in [0.25, 0.3) is 0 Å². The van der Waals surface area contributed by atoms with Gasteiger partial charge in [-0.25, -0.2) is 4.39 Å². The quantitative estimate of drug-likeness (QED) is 0.761. The van der Waals surface area contributed by atoms with Crippen LogP contribution in [0.1, 0.15) is 15.9 Å². The highest BCUT2D eigenvalue weighted by Gasteiger charge is 2.15. The zero-order valence-electron chi connectivity index (χ0n) is 11.4. The second kappa shape index (κ2) is 6.34. The minimum absolute atomic E-state index is 0.172. The summed E-state index contributed by atoms with van der Waals surface area (Å²) < 4.78 is 23.3. The van der Waals surface area contributed by atoms with Crippen LogP contribution in [0.25, 0.3) is 0 Å². The van der Waals surface area contributed by atoms with Gasteiger partial charge in [0.05, 0.1) is 31.7 Å². The van der Waals surface area contributed by atoms with E-state index < -0.39 is 5.82 Å². The first-order valence-electron chi connectivity index (χ1n) is 6.16. The van der Waals surface area contributed by atoms with Gasteiger partial charge in [-0.1, -0.05) is 0 Å². The summed E-state index contributed by atoms with van der Waals surface area (Å²) >= 11 is 0. The number of hydrogen-bond donors (Lipinski definition) is 0. The maximum atomic E-state index is 13.3. The predicted molar refractivity (Wildman–Crippen MR) is 72.3 cm³/mol. The first-order chi connectivity index (χ1) is 9.60. The molecule has 0 atom stereocenters. The molecule has 0 aliphatic rings. The summed E-state index contributed by atoms with van der Waals surface area (Å²) in [6.07, 6.45) is 3.21. The first-order valence-corrected chi connectivity index (χ1v) is 6.16. The summed E-state index contributed by atoms with van der Waals surface area (Å²) in [5, 5.41) is 0. The van der Waals surface area contributed by atoms with E-state index in [4.69, 9.17) is 9.15 Å². The number of ketones is 1. The SMILES string of the molecule is COc1ccc(F)cc1C(=O)CN(C)Cc1ccoc1. The molecule has 0 saturated carbocycles. The topological polar surface area (TPSA) is 42.7 Å². The number of Topliss-reactive ketones (excluding diaryl/α,β-unsaturated/α-hetero) is 1. The molecule has 0 unspecified atom stereocenters. The Kier molecular flexibility index (Phi) is 4.53. The number of methoxy groups -OCH3 is 1. The Balaban J connectivity index is 2.06. The number of furan rings is 1. The van der Waals surface area contributed by atoms with Crippen molar-refractivity contribution < 1.29 is 18.3 Å². The summed E-state index contributed by atoms with van der Waals surface area (Å²) in [6, 6.07) is 5.76. The number of benzene rings is 1. The first kappa shape index (κ1) is 14.3. The van der Waals surface area contributed by atoms with E-state index in [1.807, 2.05) is 18.0 Å². The molecule has 0 radical (unpaired) electrons.